The molecule has 0 unspecified atom stereocenters. The van der Waals surface area contributed by atoms with E-state index < -0.39 is 17.2 Å². The molecule has 0 radical (unpaired) electrons. The molecule has 13 heavy (non-hydrogen) atoms. The van der Waals surface area contributed by atoms with E-state index in [1.807, 2.05) is 0 Å². The van der Waals surface area contributed by atoms with E-state index in [1.165, 1.54) is 6.92 Å². The van der Waals surface area contributed by atoms with Crippen LogP contribution in [-0.2, 0) is 0 Å². The molecule has 0 N–H and O–H groups in total. The normalized spacial score (nSPS) is 10.5. The molecule has 0 aliphatic carbocycles. The maximum Gasteiger partial charge on any atom is 0.363 e. The summed E-state index contributed by atoms with van der Waals surface area (Å²) >= 11 is 0. The minimum absolute atomic E-state index is 0.01000. The average Bonchev–Trinajstić information content (AvgIpc) is 2.03. The first kappa shape index (κ1) is 9.50. The van der Waals surface area contributed by atoms with E-state index >= 15 is 0 Å². The SMILES string of the molecule is Cc1nc([N+](=O)[O-])ccc1C(F)F. The van der Waals surface area contributed by atoms with E-state index in [9.17, 15) is 18.9 Å². The summed E-state index contributed by atoms with van der Waals surface area (Å²) in [6.45, 7) is 1.31. The van der Waals surface area contributed by atoms with Crippen LogP contribution in [0.5, 0.6) is 0 Å². The van der Waals surface area contributed by atoms with Gasteiger partial charge in [0.25, 0.3) is 6.43 Å². The van der Waals surface area contributed by atoms with Crippen LogP contribution in [0.25, 0.3) is 0 Å². The first-order valence-corrected chi connectivity index (χ1v) is 3.42. The van der Waals surface area contributed by atoms with Crippen molar-refractivity contribution in [1.29, 1.82) is 0 Å². The Morgan fingerprint density at radius 3 is 2.54 bits per heavy atom. The molecule has 0 atom stereocenters. The average molecular weight is 188 g/mol. The van der Waals surface area contributed by atoms with Gasteiger partial charge in [-0.05, 0) is 16.0 Å². The molecule has 1 aromatic heterocycles. The number of pyridine rings is 1. The number of hydrogen-bond donors (Lipinski definition) is 0. The summed E-state index contributed by atoms with van der Waals surface area (Å²) < 4.78 is 24.3. The zero-order chi connectivity index (χ0) is 10.0. The van der Waals surface area contributed by atoms with Crippen molar-refractivity contribution >= 4 is 5.82 Å². The van der Waals surface area contributed by atoms with Crippen LogP contribution in [0.4, 0.5) is 14.6 Å². The molecule has 1 aromatic rings. The maximum atomic E-state index is 12.2. The third kappa shape index (κ3) is 1.95. The van der Waals surface area contributed by atoms with E-state index in [4.69, 9.17) is 0 Å². The lowest BCUT2D eigenvalue weighted by Gasteiger charge is -1.99. The van der Waals surface area contributed by atoms with Crippen molar-refractivity contribution in [2.75, 3.05) is 0 Å². The number of nitro groups is 1. The van der Waals surface area contributed by atoms with E-state index in [0.717, 1.165) is 12.1 Å². The fourth-order valence-electron chi connectivity index (χ4n) is 0.891. The summed E-state index contributed by atoms with van der Waals surface area (Å²) in [6, 6.07) is 1.99. The lowest BCUT2D eigenvalue weighted by Crippen LogP contribution is -1.97. The lowest BCUT2D eigenvalue weighted by atomic mass is 10.2. The molecule has 0 aliphatic heterocycles. The molecule has 0 amide bonds. The second-order valence-electron chi connectivity index (χ2n) is 2.40. The fraction of sp³-hybridized carbons (Fsp3) is 0.286. The van der Waals surface area contributed by atoms with Crippen molar-refractivity contribution in [3.63, 3.8) is 0 Å². The van der Waals surface area contributed by atoms with Gasteiger partial charge in [0.2, 0.25) is 0 Å². The second-order valence-corrected chi connectivity index (χ2v) is 2.40. The largest absolute Gasteiger partial charge is 0.363 e. The molecular weight excluding hydrogens is 182 g/mol. The smallest absolute Gasteiger partial charge is 0.358 e. The first-order valence-electron chi connectivity index (χ1n) is 3.42. The van der Waals surface area contributed by atoms with Gasteiger partial charge in [-0.2, -0.15) is 0 Å². The molecule has 0 saturated heterocycles. The van der Waals surface area contributed by atoms with E-state index in [2.05, 4.69) is 4.98 Å². The second kappa shape index (κ2) is 3.42. The van der Waals surface area contributed by atoms with Crippen molar-refractivity contribution in [1.82, 2.24) is 4.98 Å². The number of alkyl halides is 2. The standard InChI is InChI=1S/C7H6F2N2O2/c1-4-5(7(8)9)2-3-6(10-4)11(12)13/h2-3,7H,1H3. The topological polar surface area (TPSA) is 56.0 Å². The Morgan fingerprint density at radius 2 is 2.15 bits per heavy atom. The molecular formula is C7H6F2N2O2. The monoisotopic (exact) mass is 188 g/mol. The molecule has 1 heterocycles. The van der Waals surface area contributed by atoms with Crippen LogP contribution in [0, 0.1) is 17.0 Å². The molecule has 0 bridgehead atoms. The summed E-state index contributed by atoms with van der Waals surface area (Å²) in [6.07, 6.45) is -2.65. The zero-order valence-electron chi connectivity index (χ0n) is 6.70. The van der Waals surface area contributed by atoms with Crippen molar-refractivity contribution in [2.45, 2.75) is 13.3 Å². The Balaban J connectivity index is 3.13. The number of aromatic nitrogens is 1. The lowest BCUT2D eigenvalue weighted by molar-refractivity contribution is -0.389. The predicted octanol–water partition coefficient (Wildman–Crippen LogP) is 2.24. The summed E-state index contributed by atoms with van der Waals surface area (Å²) in [5, 5.41) is 10.2. The Morgan fingerprint density at radius 1 is 1.54 bits per heavy atom. The molecule has 0 fully saturated rings. The first-order chi connectivity index (χ1) is 6.02. The van der Waals surface area contributed by atoms with Crippen molar-refractivity contribution in [3.8, 4) is 0 Å². The maximum absolute atomic E-state index is 12.2. The van der Waals surface area contributed by atoms with Gasteiger partial charge in [-0.3, -0.25) is 0 Å². The van der Waals surface area contributed by atoms with E-state index in [0.29, 0.717) is 0 Å². The van der Waals surface area contributed by atoms with Crippen LogP contribution in [0.3, 0.4) is 0 Å². The third-order valence-electron chi connectivity index (χ3n) is 1.53. The summed E-state index contributed by atoms with van der Waals surface area (Å²) in [5.74, 6) is -0.415. The molecule has 4 nitrogen and oxygen atoms in total. The Labute approximate surface area is 72.4 Å². The minimum atomic E-state index is -2.65. The number of rotatable bonds is 2. The Hall–Kier alpha value is -1.59. The van der Waals surface area contributed by atoms with Crippen LogP contribution in [-0.4, -0.2) is 9.91 Å². The van der Waals surface area contributed by atoms with Gasteiger partial charge in [-0.15, -0.1) is 0 Å². The van der Waals surface area contributed by atoms with Crippen LogP contribution >= 0.6 is 0 Å². The van der Waals surface area contributed by atoms with Crippen molar-refractivity contribution in [3.05, 3.63) is 33.5 Å². The highest BCUT2D eigenvalue weighted by molar-refractivity contribution is 5.29. The predicted molar refractivity (Wildman–Crippen MR) is 40.6 cm³/mol. The highest BCUT2D eigenvalue weighted by Crippen LogP contribution is 2.22. The molecule has 0 spiro atoms. The van der Waals surface area contributed by atoms with E-state index in [1.54, 1.807) is 0 Å². The zero-order valence-corrected chi connectivity index (χ0v) is 6.70. The molecule has 0 aromatic carbocycles. The van der Waals surface area contributed by atoms with E-state index in [-0.39, 0.29) is 11.3 Å². The van der Waals surface area contributed by atoms with Gasteiger partial charge in [-0.1, -0.05) is 0 Å². The van der Waals surface area contributed by atoms with Gasteiger partial charge in [0.15, 0.2) is 5.69 Å². The number of nitrogens with zero attached hydrogens (tertiary/aromatic N) is 2. The Kier molecular flexibility index (Phi) is 2.50. The van der Waals surface area contributed by atoms with Crippen LogP contribution in [0.2, 0.25) is 0 Å². The highest BCUT2D eigenvalue weighted by Gasteiger charge is 2.17. The molecule has 0 saturated carbocycles. The number of halogens is 2. The molecule has 70 valence electrons. The molecule has 1 rings (SSSR count). The minimum Gasteiger partial charge on any atom is -0.358 e. The number of aryl methyl sites for hydroxylation is 1. The Bertz CT molecular complexity index is 341. The summed E-state index contributed by atoms with van der Waals surface area (Å²) in [4.78, 5) is 12.9. The van der Waals surface area contributed by atoms with Gasteiger partial charge in [-0.25, -0.2) is 8.78 Å². The van der Waals surface area contributed by atoms with Crippen LogP contribution in [0.15, 0.2) is 12.1 Å². The number of hydrogen-bond acceptors (Lipinski definition) is 3. The summed E-state index contributed by atoms with van der Waals surface area (Å²) in [7, 11) is 0. The highest BCUT2D eigenvalue weighted by atomic mass is 19.3. The molecule has 0 aliphatic rings. The van der Waals surface area contributed by atoms with Gasteiger partial charge >= 0.3 is 5.82 Å². The van der Waals surface area contributed by atoms with Gasteiger partial charge in [0.05, 0.1) is 5.56 Å². The quantitative estimate of drug-likeness (QED) is 0.528. The van der Waals surface area contributed by atoms with Crippen LogP contribution < -0.4 is 0 Å². The van der Waals surface area contributed by atoms with Crippen molar-refractivity contribution < 1.29 is 13.7 Å². The van der Waals surface area contributed by atoms with Gasteiger partial charge < -0.3 is 10.1 Å². The van der Waals surface area contributed by atoms with Crippen LogP contribution in [0.1, 0.15) is 17.7 Å². The third-order valence-corrected chi connectivity index (χ3v) is 1.53. The molecule has 6 heteroatoms. The van der Waals surface area contributed by atoms with Gasteiger partial charge in [0.1, 0.15) is 0 Å². The fourth-order valence-corrected chi connectivity index (χ4v) is 0.891. The van der Waals surface area contributed by atoms with Gasteiger partial charge in [0, 0.05) is 13.0 Å². The van der Waals surface area contributed by atoms with Crippen molar-refractivity contribution in [2.24, 2.45) is 0 Å². The summed E-state index contributed by atoms with van der Waals surface area (Å²) in [5.41, 5.74) is -0.283.